The second kappa shape index (κ2) is 12.0. The fraction of sp³-hybridized carbons (Fsp3) is 0.643. The van der Waals surface area contributed by atoms with Crippen LogP contribution in [0.4, 0.5) is 0 Å². The summed E-state index contributed by atoms with van der Waals surface area (Å²) in [5.74, 6) is -0.848. The van der Waals surface area contributed by atoms with Gasteiger partial charge in [-0.1, -0.05) is 44.4 Å². The van der Waals surface area contributed by atoms with E-state index in [-0.39, 0.29) is 0 Å². The monoisotopic (exact) mass is 224 g/mol. The van der Waals surface area contributed by atoms with Crippen molar-refractivity contribution in [3.05, 3.63) is 24.3 Å². The van der Waals surface area contributed by atoms with Crippen LogP contribution in [0.15, 0.2) is 24.3 Å². The van der Waals surface area contributed by atoms with Crippen LogP contribution in [-0.2, 0) is 4.79 Å². The summed E-state index contributed by atoms with van der Waals surface area (Å²) < 4.78 is 0. The third kappa shape index (κ3) is 12.9. The predicted molar refractivity (Wildman–Crippen MR) is 68.5 cm³/mol. The number of carboxylic acids is 1. The number of hydrogen-bond donors (Lipinski definition) is 1. The van der Waals surface area contributed by atoms with Crippen LogP contribution < -0.4 is 0 Å². The molecular formula is C14H24O2. The smallest absolute Gasteiger partial charge is 0.327 e. The first-order chi connectivity index (χ1) is 7.77. The summed E-state index contributed by atoms with van der Waals surface area (Å²) in [6.07, 6.45) is 16.8. The van der Waals surface area contributed by atoms with E-state index in [0.717, 1.165) is 19.3 Å². The van der Waals surface area contributed by atoms with Crippen molar-refractivity contribution in [3.8, 4) is 0 Å². The van der Waals surface area contributed by atoms with E-state index in [1.54, 1.807) is 6.08 Å². The van der Waals surface area contributed by atoms with Crippen molar-refractivity contribution < 1.29 is 9.90 Å². The number of rotatable bonds is 10. The molecule has 16 heavy (non-hydrogen) atoms. The van der Waals surface area contributed by atoms with Crippen molar-refractivity contribution in [3.63, 3.8) is 0 Å². The molecule has 92 valence electrons. The number of unbranched alkanes of at least 4 members (excludes halogenated alkanes) is 6. The van der Waals surface area contributed by atoms with E-state index in [1.807, 2.05) is 0 Å². The van der Waals surface area contributed by atoms with E-state index >= 15 is 0 Å². The maximum Gasteiger partial charge on any atom is 0.327 e. The van der Waals surface area contributed by atoms with Gasteiger partial charge in [0, 0.05) is 6.08 Å². The zero-order chi connectivity index (χ0) is 12.1. The molecule has 0 bridgehead atoms. The first-order valence-corrected chi connectivity index (χ1v) is 6.31. The molecule has 0 amide bonds. The standard InChI is InChI=1S/C14H24O2/c1-2-3-4-5-6-7-8-9-10-11-12-13-14(15)16/h5-6,12-13H,2-4,7-11H2,1H3,(H,15,16)/b6-5?,13-12-. The minimum absolute atomic E-state index is 0.848. The number of allylic oxidation sites excluding steroid dienone is 3. The van der Waals surface area contributed by atoms with Crippen LogP contribution in [0.5, 0.6) is 0 Å². The second-order valence-corrected chi connectivity index (χ2v) is 3.99. The van der Waals surface area contributed by atoms with Gasteiger partial charge in [-0.25, -0.2) is 4.79 Å². The Balaban J connectivity index is 3.15. The van der Waals surface area contributed by atoms with Crippen molar-refractivity contribution >= 4 is 5.97 Å². The maximum atomic E-state index is 10.2. The van der Waals surface area contributed by atoms with Gasteiger partial charge < -0.3 is 5.11 Å². The highest BCUT2D eigenvalue weighted by molar-refractivity contribution is 5.79. The molecule has 0 saturated heterocycles. The van der Waals surface area contributed by atoms with E-state index in [0.29, 0.717) is 0 Å². The van der Waals surface area contributed by atoms with Gasteiger partial charge in [0.1, 0.15) is 0 Å². The highest BCUT2D eigenvalue weighted by Crippen LogP contribution is 2.05. The van der Waals surface area contributed by atoms with Crippen molar-refractivity contribution in [2.45, 2.75) is 58.3 Å². The Morgan fingerprint density at radius 1 is 0.938 bits per heavy atom. The van der Waals surface area contributed by atoms with Gasteiger partial charge in [-0.2, -0.15) is 0 Å². The van der Waals surface area contributed by atoms with Gasteiger partial charge >= 0.3 is 5.97 Å². The summed E-state index contributed by atoms with van der Waals surface area (Å²) in [6.45, 7) is 2.21. The average molecular weight is 224 g/mol. The molecule has 0 spiro atoms. The molecule has 0 unspecified atom stereocenters. The molecular weight excluding hydrogens is 200 g/mol. The summed E-state index contributed by atoms with van der Waals surface area (Å²) in [4.78, 5) is 10.2. The van der Waals surface area contributed by atoms with Gasteiger partial charge in [0.2, 0.25) is 0 Å². The fourth-order valence-electron chi connectivity index (χ4n) is 1.44. The highest BCUT2D eigenvalue weighted by atomic mass is 16.4. The van der Waals surface area contributed by atoms with Crippen LogP contribution >= 0.6 is 0 Å². The number of aliphatic carboxylic acids is 1. The molecule has 0 aromatic heterocycles. The summed E-state index contributed by atoms with van der Waals surface area (Å²) in [5, 5.41) is 8.36. The molecule has 0 aromatic rings. The molecule has 0 heterocycles. The van der Waals surface area contributed by atoms with Crippen LogP contribution in [0.3, 0.4) is 0 Å². The first kappa shape index (κ1) is 14.9. The minimum atomic E-state index is -0.848. The Morgan fingerprint density at radius 2 is 1.50 bits per heavy atom. The van der Waals surface area contributed by atoms with Gasteiger partial charge in [-0.15, -0.1) is 0 Å². The lowest BCUT2D eigenvalue weighted by molar-refractivity contribution is -0.131. The molecule has 0 saturated carbocycles. The Kier molecular flexibility index (Phi) is 11.2. The Labute approximate surface area is 99.1 Å². The molecule has 0 aromatic carbocycles. The maximum absolute atomic E-state index is 10.2. The largest absolute Gasteiger partial charge is 0.478 e. The minimum Gasteiger partial charge on any atom is -0.478 e. The second-order valence-electron chi connectivity index (χ2n) is 3.99. The Hall–Kier alpha value is -1.05. The fourth-order valence-corrected chi connectivity index (χ4v) is 1.44. The van der Waals surface area contributed by atoms with Crippen LogP contribution in [0.1, 0.15) is 58.3 Å². The predicted octanol–water partition coefficient (Wildman–Crippen LogP) is 4.32. The van der Waals surface area contributed by atoms with Crippen LogP contribution in [0, 0.1) is 0 Å². The lowest BCUT2D eigenvalue weighted by atomic mass is 10.1. The van der Waals surface area contributed by atoms with E-state index in [2.05, 4.69) is 19.1 Å². The molecule has 0 aliphatic heterocycles. The highest BCUT2D eigenvalue weighted by Gasteiger charge is 1.88. The van der Waals surface area contributed by atoms with E-state index in [1.165, 1.54) is 38.2 Å². The van der Waals surface area contributed by atoms with E-state index < -0.39 is 5.97 Å². The average Bonchev–Trinajstić information content (AvgIpc) is 2.25. The number of hydrogen-bond acceptors (Lipinski definition) is 1. The Bertz CT molecular complexity index is 217. The quantitative estimate of drug-likeness (QED) is 0.341. The number of carbonyl (C=O) groups is 1. The molecule has 2 nitrogen and oxygen atoms in total. The third-order valence-electron chi connectivity index (χ3n) is 2.39. The molecule has 2 heteroatoms. The van der Waals surface area contributed by atoms with Crippen LogP contribution in [0.2, 0.25) is 0 Å². The molecule has 0 aliphatic rings. The first-order valence-electron chi connectivity index (χ1n) is 6.31. The summed E-state index contributed by atoms with van der Waals surface area (Å²) in [6, 6.07) is 0. The van der Waals surface area contributed by atoms with Crippen molar-refractivity contribution in [1.29, 1.82) is 0 Å². The summed E-state index contributed by atoms with van der Waals surface area (Å²) in [7, 11) is 0. The van der Waals surface area contributed by atoms with Crippen molar-refractivity contribution in [2.24, 2.45) is 0 Å². The lowest BCUT2D eigenvalue weighted by Crippen LogP contribution is -1.85. The van der Waals surface area contributed by atoms with Gasteiger partial charge in [0.05, 0.1) is 0 Å². The summed E-state index contributed by atoms with van der Waals surface area (Å²) in [5.41, 5.74) is 0. The summed E-state index contributed by atoms with van der Waals surface area (Å²) >= 11 is 0. The normalized spacial score (nSPS) is 11.6. The molecule has 0 fully saturated rings. The Morgan fingerprint density at radius 3 is 2.06 bits per heavy atom. The van der Waals surface area contributed by atoms with E-state index in [9.17, 15) is 4.79 Å². The van der Waals surface area contributed by atoms with Crippen molar-refractivity contribution in [2.75, 3.05) is 0 Å². The third-order valence-corrected chi connectivity index (χ3v) is 2.39. The van der Waals surface area contributed by atoms with Crippen LogP contribution in [-0.4, -0.2) is 11.1 Å². The topological polar surface area (TPSA) is 37.3 Å². The molecule has 0 aliphatic carbocycles. The zero-order valence-corrected chi connectivity index (χ0v) is 10.3. The van der Waals surface area contributed by atoms with E-state index in [4.69, 9.17) is 5.11 Å². The molecule has 0 atom stereocenters. The number of carboxylic acid groups (broad SMARTS) is 1. The molecule has 0 rings (SSSR count). The van der Waals surface area contributed by atoms with Gasteiger partial charge in [0.15, 0.2) is 0 Å². The van der Waals surface area contributed by atoms with Gasteiger partial charge in [0.25, 0.3) is 0 Å². The lowest BCUT2D eigenvalue weighted by Gasteiger charge is -1.95. The zero-order valence-electron chi connectivity index (χ0n) is 10.3. The van der Waals surface area contributed by atoms with Gasteiger partial charge in [-0.3, -0.25) is 0 Å². The SMILES string of the molecule is CCCCC=CCCCCC/C=C\C(=O)O. The van der Waals surface area contributed by atoms with Crippen molar-refractivity contribution in [1.82, 2.24) is 0 Å². The van der Waals surface area contributed by atoms with Crippen LogP contribution in [0.25, 0.3) is 0 Å². The molecule has 0 radical (unpaired) electrons. The van der Waals surface area contributed by atoms with Gasteiger partial charge in [-0.05, 0) is 32.1 Å². The molecule has 1 N–H and O–H groups in total.